The van der Waals surface area contributed by atoms with Gasteiger partial charge in [-0.05, 0) is 61.4 Å². The van der Waals surface area contributed by atoms with E-state index < -0.39 is 10.0 Å². The second-order valence-corrected chi connectivity index (χ2v) is 8.38. The number of rotatable bonds is 9. The summed E-state index contributed by atoms with van der Waals surface area (Å²) in [7, 11) is -3.81. The zero-order valence-corrected chi connectivity index (χ0v) is 18.0. The monoisotopic (exact) mass is 441 g/mol. The Morgan fingerprint density at radius 2 is 1.84 bits per heavy atom. The van der Waals surface area contributed by atoms with Crippen molar-refractivity contribution in [2.45, 2.75) is 25.2 Å². The van der Waals surface area contributed by atoms with Gasteiger partial charge in [0.1, 0.15) is 11.5 Å². The van der Waals surface area contributed by atoms with Crippen LogP contribution >= 0.6 is 0 Å². The molecule has 3 rings (SSSR count). The lowest BCUT2D eigenvalue weighted by molar-refractivity contribution is -0.111. The van der Waals surface area contributed by atoms with E-state index in [2.05, 4.69) is 15.2 Å². The molecule has 9 heteroatoms. The van der Waals surface area contributed by atoms with Crippen molar-refractivity contribution in [1.82, 2.24) is 5.16 Å². The highest BCUT2D eigenvalue weighted by atomic mass is 32.2. The number of amides is 1. The Bertz CT molecular complexity index is 1150. The van der Waals surface area contributed by atoms with Crippen molar-refractivity contribution < 1.29 is 22.5 Å². The molecule has 0 fully saturated rings. The van der Waals surface area contributed by atoms with Gasteiger partial charge in [-0.2, -0.15) is 0 Å². The summed E-state index contributed by atoms with van der Waals surface area (Å²) >= 11 is 0. The minimum atomic E-state index is -3.81. The van der Waals surface area contributed by atoms with Crippen molar-refractivity contribution in [3.63, 3.8) is 0 Å². The fraction of sp³-hybridized carbons (Fsp3) is 0.182. The quantitative estimate of drug-likeness (QED) is 0.481. The lowest BCUT2D eigenvalue weighted by atomic mass is 10.2. The van der Waals surface area contributed by atoms with Crippen molar-refractivity contribution in [2.75, 3.05) is 16.6 Å². The summed E-state index contributed by atoms with van der Waals surface area (Å²) in [5.41, 5.74) is 1.32. The maximum absolute atomic E-state index is 12.4. The van der Waals surface area contributed by atoms with Crippen LogP contribution in [0.5, 0.6) is 5.75 Å². The number of nitrogens with zero attached hydrogens (tertiary/aromatic N) is 1. The van der Waals surface area contributed by atoms with Crippen molar-refractivity contribution in [2.24, 2.45) is 0 Å². The van der Waals surface area contributed by atoms with E-state index in [0.717, 1.165) is 17.7 Å². The molecular formula is C22H23N3O5S. The van der Waals surface area contributed by atoms with E-state index in [1.54, 1.807) is 13.0 Å². The van der Waals surface area contributed by atoms with E-state index in [9.17, 15) is 13.2 Å². The van der Waals surface area contributed by atoms with E-state index >= 15 is 0 Å². The molecule has 8 nitrogen and oxygen atoms in total. The summed E-state index contributed by atoms with van der Waals surface area (Å²) in [6.07, 6.45) is 4.02. The first kappa shape index (κ1) is 22.1. The summed E-state index contributed by atoms with van der Waals surface area (Å²) in [6, 6.07) is 14.7. The number of carbonyl (C=O) groups is 1. The molecule has 1 amide bonds. The summed E-state index contributed by atoms with van der Waals surface area (Å²) < 4.78 is 37.5. The SMILES string of the molecule is CCCOc1ccc(C=CC(=O)Nc2ccc(S(=O)(=O)Nc3cc(C)on3)cc2)cc1. The molecule has 0 saturated carbocycles. The molecule has 1 aromatic heterocycles. The largest absolute Gasteiger partial charge is 0.494 e. The number of hydrogen-bond donors (Lipinski definition) is 2. The Kier molecular flexibility index (Phi) is 7.09. The highest BCUT2D eigenvalue weighted by Gasteiger charge is 2.16. The maximum atomic E-state index is 12.4. The van der Waals surface area contributed by atoms with E-state index in [0.29, 0.717) is 18.1 Å². The molecule has 162 valence electrons. The number of carbonyl (C=O) groups excluding carboxylic acids is 1. The third-order valence-electron chi connectivity index (χ3n) is 4.08. The standard InChI is InChI=1S/C22H23N3O5S/c1-3-14-29-19-9-4-17(5-10-19)6-13-22(26)23-18-7-11-20(12-8-18)31(27,28)25-21-15-16(2)30-24-21/h4-13,15H,3,14H2,1-2H3,(H,23,26)(H,24,25). The fourth-order valence-electron chi connectivity index (χ4n) is 2.58. The van der Waals surface area contributed by atoms with Gasteiger partial charge in [0.15, 0.2) is 5.82 Å². The molecule has 0 saturated heterocycles. The molecule has 0 radical (unpaired) electrons. The van der Waals surface area contributed by atoms with Crippen molar-refractivity contribution in [3.8, 4) is 5.75 Å². The van der Waals surface area contributed by atoms with Crippen molar-refractivity contribution in [3.05, 3.63) is 72.0 Å². The number of nitrogens with one attached hydrogen (secondary N) is 2. The number of benzene rings is 2. The van der Waals surface area contributed by atoms with E-state index in [-0.39, 0.29) is 16.6 Å². The van der Waals surface area contributed by atoms with Crippen molar-refractivity contribution >= 4 is 33.5 Å². The molecule has 31 heavy (non-hydrogen) atoms. The van der Waals surface area contributed by atoms with Crippen LogP contribution in [0, 0.1) is 6.92 Å². The summed E-state index contributed by atoms with van der Waals surface area (Å²) in [5.74, 6) is 1.04. The van der Waals surface area contributed by atoms with E-state index in [4.69, 9.17) is 9.26 Å². The third-order valence-corrected chi connectivity index (χ3v) is 5.45. The van der Waals surface area contributed by atoms with Crippen LogP contribution in [0.15, 0.2) is 70.1 Å². The van der Waals surface area contributed by atoms with Crippen LogP contribution in [-0.2, 0) is 14.8 Å². The molecule has 0 atom stereocenters. The molecule has 3 aromatic rings. The Morgan fingerprint density at radius 1 is 1.13 bits per heavy atom. The first-order valence-corrected chi connectivity index (χ1v) is 11.1. The van der Waals surface area contributed by atoms with Gasteiger partial charge in [-0.15, -0.1) is 0 Å². The predicted octanol–water partition coefficient (Wildman–Crippen LogP) is 4.22. The van der Waals surface area contributed by atoms with Crippen LogP contribution in [-0.4, -0.2) is 26.1 Å². The van der Waals surface area contributed by atoms with Crippen LogP contribution in [0.2, 0.25) is 0 Å². The molecule has 0 unspecified atom stereocenters. The molecule has 2 aromatic carbocycles. The Hall–Kier alpha value is -3.59. The molecular weight excluding hydrogens is 418 g/mol. The van der Waals surface area contributed by atoms with Gasteiger partial charge in [-0.25, -0.2) is 8.42 Å². The van der Waals surface area contributed by atoms with Gasteiger partial charge in [-0.1, -0.05) is 24.2 Å². The molecule has 0 aliphatic carbocycles. The first-order chi connectivity index (χ1) is 14.9. The number of sulfonamides is 1. The normalized spacial score (nSPS) is 11.4. The Balaban J connectivity index is 1.57. The topological polar surface area (TPSA) is 111 Å². The molecule has 0 spiro atoms. The zero-order valence-electron chi connectivity index (χ0n) is 17.2. The molecule has 1 heterocycles. The highest BCUT2D eigenvalue weighted by molar-refractivity contribution is 7.92. The van der Waals surface area contributed by atoms with Gasteiger partial charge in [0, 0.05) is 17.8 Å². The number of ether oxygens (including phenoxy) is 1. The molecule has 0 bridgehead atoms. The van der Waals surface area contributed by atoms with Gasteiger partial charge >= 0.3 is 0 Å². The van der Waals surface area contributed by atoms with E-state index in [1.807, 2.05) is 31.2 Å². The van der Waals surface area contributed by atoms with Gasteiger partial charge in [0.2, 0.25) is 5.91 Å². The summed E-state index contributed by atoms with van der Waals surface area (Å²) in [6.45, 7) is 4.36. The lowest BCUT2D eigenvalue weighted by Gasteiger charge is -2.07. The Labute approximate surface area is 181 Å². The second kappa shape index (κ2) is 9.94. The van der Waals surface area contributed by atoms with Crippen LogP contribution in [0.1, 0.15) is 24.7 Å². The van der Waals surface area contributed by atoms with Crippen LogP contribution < -0.4 is 14.8 Å². The smallest absolute Gasteiger partial charge is 0.263 e. The molecule has 2 N–H and O–H groups in total. The molecule has 0 aliphatic rings. The summed E-state index contributed by atoms with van der Waals surface area (Å²) in [4.78, 5) is 12.2. The van der Waals surface area contributed by atoms with Crippen LogP contribution in [0.3, 0.4) is 0 Å². The van der Waals surface area contributed by atoms with Gasteiger partial charge in [-0.3, -0.25) is 9.52 Å². The van der Waals surface area contributed by atoms with Gasteiger partial charge in [0.25, 0.3) is 10.0 Å². The lowest BCUT2D eigenvalue weighted by Crippen LogP contribution is -2.13. The third kappa shape index (κ3) is 6.45. The molecule has 0 aliphatic heterocycles. The van der Waals surface area contributed by atoms with Crippen LogP contribution in [0.25, 0.3) is 6.08 Å². The predicted molar refractivity (Wildman–Crippen MR) is 118 cm³/mol. The maximum Gasteiger partial charge on any atom is 0.263 e. The van der Waals surface area contributed by atoms with Crippen LogP contribution in [0.4, 0.5) is 11.5 Å². The van der Waals surface area contributed by atoms with Gasteiger partial charge < -0.3 is 14.6 Å². The number of aromatic nitrogens is 1. The Morgan fingerprint density at radius 3 is 2.45 bits per heavy atom. The van der Waals surface area contributed by atoms with Crippen molar-refractivity contribution in [1.29, 1.82) is 0 Å². The summed E-state index contributed by atoms with van der Waals surface area (Å²) in [5, 5.41) is 6.30. The van der Waals surface area contributed by atoms with Gasteiger partial charge in [0.05, 0.1) is 11.5 Å². The number of hydrogen-bond acceptors (Lipinski definition) is 6. The van der Waals surface area contributed by atoms with E-state index in [1.165, 1.54) is 36.4 Å². The highest BCUT2D eigenvalue weighted by Crippen LogP contribution is 2.18. The number of anilines is 2. The average molecular weight is 442 g/mol. The average Bonchev–Trinajstić information content (AvgIpc) is 3.15. The second-order valence-electron chi connectivity index (χ2n) is 6.69. The minimum absolute atomic E-state index is 0.0343. The fourth-order valence-corrected chi connectivity index (χ4v) is 3.56. The minimum Gasteiger partial charge on any atom is -0.494 e. The zero-order chi connectivity index (χ0) is 22.3. The first-order valence-electron chi connectivity index (χ1n) is 9.64. The number of aryl methyl sites for hydroxylation is 1.